The maximum Gasteiger partial charge on any atom is 0.164 e. The zero-order valence-corrected chi connectivity index (χ0v) is 31.2. The molecule has 0 radical (unpaired) electrons. The van der Waals surface area contributed by atoms with Gasteiger partial charge in [-0.05, 0) is 65.7 Å². The van der Waals surface area contributed by atoms with E-state index in [1.54, 1.807) is 0 Å². The van der Waals surface area contributed by atoms with Gasteiger partial charge in [-0.1, -0.05) is 127 Å². The Balaban J connectivity index is 0.958. The summed E-state index contributed by atoms with van der Waals surface area (Å²) in [5.74, 6) is 1.86. The lowest BCUT2D eigenvalue weighted by molar-refractivity contribution is 0.669. The molecule has 0 unspecified atom stereocenters. The van der Waals surface area contributed by atoms with Crippen LogP contribution in [0.25, 0.3) is 115 Å². The van der Waals surface area contributed by atoms with Crippen LogP contribution in [0.15, 0.2) is 186 Å². The van der Waals surface area contributed by atoms with Crippen molar-refractivity contribution in [3.05, 3.63) is 182 Å². The highest BCUT2D eigenvalue weighted by atomic mass is 32.1. The highest BCUT2D eigenvalue weighted by Gasteiger charge is 2.18. The number of thiophene rings is 1. The van der Waals surface area contributed by atoms with E-state index >= 15 is 0 Å². The molecule has 0 aliphatic carbocycles. The van der Waals surface area contributed by atoms with E-state index in [4.69, 9.17) is 19.4 Å². The van der Waals surface area contributed by atoms with Crippen LogP contribution in [0.4, 0.5) is 0 Å². The normalized spacial score (nSPS) is 11.9. The molecule has 0 saturated heterocycles. The Morgan fingerprint density at radius 2 is 0.930 bits per heavy atom. The van der Waals surface area contributed by atoms with Crippen LogP contribution in [0.3, 0.4) is 0 Å². The molecule has 12 aromatic rings. The molecule has 266 valence electrons. The fraction of sp³-hybridized carbons (Fsp3) is 0. The Morgan fingerprint density at radius 3 is 1.58 bits per heavy atom. The third-order valence-electron chi connectivity index (χ3n) is 11.1. The van der Waals surface area contributed by atoms with Gasteiger partial charge in [0.15, 0.2) is 17.5 Å². The minimum atomic E-state index is 0.600. The zero-order chi connectivity index (χ0) is 37.5. The Labute approximate surface area is 330 Å². The van der Waals surface area contributed by atoms with Gasteiger partial charge in [-0.25, -0.2) is 15.0 Å². The summed E-state index contributed by atoms with van der Waals surface area (Å²) in [6, 6.07) is 63.8. The Bertz CT molecular complexity index is 3420. The topological polar surface area (TPSA) is 56.7 Å². The van der Waals surface area contributed by atoms with Gasteiger partial charge in [0.2, 0.25) is 0 Å². The minimum absolute atomic E-state index is 0.600. The molecule has 4 aromatic heterocycles. The van der Waals surface area contributed by atoms with Crippen LogP contribution >= 0.6 is 11.3 Å². The third-order valence-corrected chi connectivity index (χ3v) is 12.2. The Kier molecular flexibility index (Phi) is 7.03. The first kappa shape index (κ1) is 31.9. The summed E-state index contributed by atoms with van der Waals surface area (Å²) in [6.07, 6.45) is 0. The molecular formula is C51H30N4OS. The number of benzene rings is 8. The molecule has 4 heterocycles. The highest BCUT2D eigenvalue weighted by Crippen LogP contribution is 2.43. The van der Waals surface area contributed by atoms with Gasteiger partial charge in [-0.15, -0.1) is 11.3 Å². The van der Waals surface area contributed by atoms with E-state index in [9.17, 15) is 0 Å². The quantitative estimate of drug-likeness (QED) is 0.176. The van der Waals surface area contributed by atoms with Gasteiger partial charge in [-0.3, -0.25) is 0 Å². The SMILES string of the molecule is c1ccc(-c2nc(-c3ccccc3)nc(-c3ccc4c(c3)oc3cc(-c5cccc6sc7cc(-n8c9ccccc9c9ccccc98)ccc7c56)ccc34)n2)cc1. The van der Waals surface area contributed by atoms with Gasteiger partial charge in [0.25, 0.3) is 0 Å². The predicted octanol–water partition coefficient (Wildman–Crippen LogP) is 13.9. The lowest BCUT2D eigenvalue weighted by atomic mass is 9.98. The fourth-order valence-electron chi connectivity index (χ4n) is 8.42. The number of para-hydroxylation sites is 2. The van der Waals surface area contributed by atoms with Crippen LogP contribution in [0.2, 0.25) is 0 Å². The van der Waals surface area contributed by atoms with E-state index in [-0.39, 0.29) is 0 Å². The molecule has 5 nitrogen and oxygen atoms in total. The third kappa shape index (κ3) is 5.12. The van der Waals surface area contributed by atoms with E-state index in [1.165, 1.54) is 53.2 Å². The van der Waals surface area contributed by atoms with E-state index in [2.05, 4.69) is 126 Å². The number of fused-ring (bicyclic) bond motifs is 9. The standard InChI is InChI=1S/C51H30N4OS/c1-3-12-31(13-4-1)49-52-50(32-14-5-2-6-15-32)54-51(53-49)34-23-26-40-39-25-22-33(28-44(39)56-45(40)29-34)36-18-11-21-46-48(36)41-27-24-35(30-47(41)57-46)55-42-19-9-7-16-37(42)38-17-8-10-20-43(38)55/h1-30H. The molecule has 0 atom stereocenters. The smallest absolute Gasteiger partial charge is 0.164 e. The maximum atomic E-state index is 6.64. The van der Waals surface area contributed by atoms with Gasteiger partial charge >= 0.3 is 0 Å². The summed E-state index contributed by atoms with van der Waals surface area (Å²) in [7, 11) is 0. The largest absolute Gasteiger partial charge is 0.456 e. The van der Waals surface area contributed by atoms with Gasteiger partial charge in [0, 0.05) is 64.1 Å². The van der Waals surface area contributed by atoms with Crippen LogP contribution < -0.4 is 0 Å². The number of nitrogens with zero attached hydrogens (tertiary/aromatic N) is 4. The van der Waals surface area contributed by atoms with E-state index in [0.717, 1.165) is 44.2 Å². The highest BCUT2D eigenvalue weighted by molar-refractivity contribution is 7.26. The molecule has 0 aliphatic rings. The molecule has 0 aliphatic heterocycles. The first-order valence-electron chi connectivity index (χ1n) is 19.0. The van der Waals surface area contributed by atoms with Crippen molar-refractivity contribution in [3.8, 4) is 51.0 Å². The van der Waals surface area contributed by atoms with Gasteiger partial charge in [-0.2, -0.15) is 0 Å². The van der Waals surface area contributed by atoms with Crippen LogP contribution in [0, 0.1) is 0 Å². The van der Waals surface area contributed by atoms with Crippen LogP contribution in [-0.2, 0) is 0 Å². The van der Waals surface area contributed by atoms with Crippen molar-refractivity contribution >= 4 is 75.3 Å². The summed E-state index contributed by atoms with van der Waals surface area (Å²) >= 11 is 1.85. The average Bonchev–Trinajstić information content (AvgIpc) is 3.95. The summed E-state index contributed by atoms with van der Waals surface area (Å²) in [5.41, 5.74) is 10.3. The van der Waals surface area contributed by atoms with Gasteiger partial charge in [0.1, 0.15) is 11.2 Å². The van der Waals surface area contributed by atoms with Crippen molar-refractivity contribution < 1.29 is 4.42 Å². The molecule has 6 heteroatoms. The van der Waals surface area contributed by atoms with E-state index < -0.39 is 0 Å². The number of aromatic nitrogens is 4. The first-order chi connectivity index (χ1) is 28.2. The average molecular weight is 747 g/mol. The molecule has 0 bridgehead atoms. The van der Waals surface area contributed by atoms with Crippen molar-refractivity contribution in [1.82, 2.24) is 19.5 Å². The molecule has 0 amide bonds. The summed E-state index contributed by atoms with van der Waals surface area (Å²) in [4.78, 5) is 14.8. The predicted molar refractivity (Wildman–Crippen MR) is 236 cm³/mol. The number of rotatable bonds is 5. The van der Waals surface area contributed by atoms with Gasteiger partial charge in [0.05, 0.1) is 11.0 Å². The van der Waals surface area contributed by atoms with Crippen molar-refractivity contribution in [1.29, 1.82) is 0 Å². The minimum Gasteiger partial charge on any atom is -0.456 e. The Hall–Kier alpha value is -7.41. The maximum absolute atomic E-state index is 6.64. The van der Waals surface area contributed by atoms with E-state index in [0.29, 0.717) is 17.5 Å². The van der Waals surface area contributed by atoms with Crippen molar-refractivity contribution in [2.75, 3.05) is 0 Å². The van der Waals surface area contributed by atoms with Crippen LogP contribution in [0.5, 0.6) is 0 Å². The zero-order valence-electron chi connectivity index (χ0n) is 30.4. The van der Waals surface area contributed by atoms with Crippen LogP contribution in [-0.4, -0.2) is 19.5 Å². The second-order valence-corrected chi connectivity index (χ2v) is 15.5. The monoisotopic (exact) mass is 746 g/mol. The van der Waals surface area contributed by atoms with E-state index in [1.807, 2.05) is 72.0 Å². The number of hydrogen-bond donors (Lipinski definition) is 0. The van der Waals surface area contributed by atoms with Crippen molar-refractivity contribution in [3.63, 3.8) is 0 Å². The number of hydrogen-bond acceptors (Lipinski definition) is 5. The molecule has 0 saturated carbocycles. The summed E-state index contributed by atoms with van der Waals surface area (Å²) in [6.45, 7) is 0. The second-order valence-electron chi connectivity index (χ2n) is 14.4. The molecule has 0 spiro atoms. The molecular weight excluding hydrogens is 717 g/mol. The molecule has 0 fully saturated rings. The van der Waals surface area contributed by atoms with Gasteiger partial charge < -0.3 is 8.98 Å². The molecule has 12 rings (SSSR count). The lowest BCUT2D eigenvalue weighted by Gasteiger charge is -2.09. The second kappa shape index (κ2) is 12.6. The number of furan rings is 1. The molecule has 57 heavy (non-hydrogen) atoms. The lowest BCUT2D eigenvalue weighted by Crippen LogP contribution is -2.00. The molecule has 0 N–H and O–H groups in total. The molecule has 8 aromatic carbocycles. The van der Waals surface area contributed by atoms with Crippen LogP contribution in [0.1, 0.15) is 0 Å². The summed E-state index contributed by atoms with van der Waals surface area (Å²) < 4.78 is 11.6. The first-order valence-corrected chi connectivity index (χ1v) is 19.8. The Morgan fingerprint density at radius 1 is 0.386 bits per heavy atom. The van der Waals surface area contributed by atoms with Crippen molar-refractivity contribution in [2.24, 2.45) is 0 Å². The summed E-state index contributed by atoms with van der Waals surface area (Å²) in [5, 5.41) is 7.18. The van der Waals surface area contributed by atoms with Crippen molar-refractivity contribution in [2.45, 2.75) is 0 Å². The fourth-order valence-corrected chi connectivity index (χ4v) is 9.58.